The monoisotopic (exact) mass is 488 g/mol. The van der Waals surface area contributed by atoms with Crippen molar-refractivity contribution in [1.82, 2.24) is 19.7 Å². The average molecular weight is 489 g/mol. The van der Waals surface area contributed by atoms with Gasteiger partial charge in [0.15, 0.2) is 0 Å². The van der Waals surface area contributed by atoms with Crippen LogP contribution in [-0.4, -0.2) is 57.8 Å². The molecule has 0 saturated carbocycles. The van der Waals surface area contributed by atoms with Gasteiger partial charge in [-0.2, -0.15) is 5.10 Å². The first kappa shape index (κ1) is 22.5. The molecule has 2 fully saturated rings. The van der Waals surface area contributed by atoms with Crippen LogP contribution >= 0.6 is 11.3 Å². The van der Waals surface area contributed by atoms with Crippen LogP contribution in [0.2, 0.25) is 0 Å². The molecule has 0 radical (unpaired) electrons. The predicted molar refractivity (Wildman–Crippen MR) is 144 cm³/mol. The number of benzene rings is 1. The second kappa shape index (κ2) is 8.60. The molecule has 1 unspecified atom stereocenters. The summed E-state index contributed by atoms with van der Waals surface area (Å²) in [4.78, 5) is 24.8. The molecule has 2 aliphatic rings. The van der Waals surface area contributed by atoms with E-state index >= 15 is 0 Å². The topological polar surface area (TPSA) is 66.3 Å². The third-order valence-corrected chi connectivity index (χ3v) is 8.85. The number of rotatable bonds is 5. The molecular weight excluding hydrogens is 456 g/mol. The van der Waals surface area contributed by atoms with Crippen molar-refractivity contribution in [2.45, 2.75) is 44.6 Å². The fourth-order valence-corrected chi connectivity index (χ4v) is 6.77. The summed E-state index contributed by atoms with van der Waals surface area (Å²) >= 11 is 1.47. The predicted octanol–water partition coefficient (Wildman–Crippen LogP) is 5.06. The molecule has 182 valence electrons. The van der Waals surface area contributed by atoms with Crippen LogP contribution in [0.15, 0.2) is 36.5 Å². The van der Waals surface area contributed by atoms with Gasteiger partial charge in [-0.05, 0) is 75.2 Å². The SMILES string of the molecule is CCCc1cc2nn(C)cc2cc1NC(=O)c1cc2ccc(N3CCC4(CCCN4C)C3)nc2s1. The van der Waals surface area contributed by atoms with Gasteiger partial charge in [0.25, 0.3) is 5.91 Å². The number of aromatic nitrogens is 3. The highest BCUT2D eigenvalue weighted by Gasteiger charge is 2.44. The summed E-state index contributed by atoms with van der Waals surface area (Å²) in [7, 11) is 4.18. The third-order valence-electron chi connectivity index (χ3n) is 7.81. The summed E-state index contributed by atoms with van der Waals surface area (Å²) in [6, 6.07) is 10.3. The first-order valence-electron chi connectivity index (χ1n) is 12.6. The van der Waals surface area contributed by atoms with Gasteiger partial charge in [-0.1, -0.05) is 13.3 Å². The van der Waals surface area contributed by atoms with E-state index in [9.17, 15) is 4.79 Å². The van der Waals surface area contributed by atoms with Crippen molar-refractivity contribution in [3.63, 3.8) is 0 Å². The van der Waals surface area contributed by atoms with Gasteiger partial charge in [0.1, 0.15) is 10.6 Å². The van der Waals surface area contributed by atoms with Gasteiger partial charge in [0.05, 0.1) is 10.4 Å². The highest BCUT2D eigenvalue weighted by molar-refractivity contribution is 7.20. The summed E-state index contributed by atoms with van der Waals surface area (Å²) in [6.45, 7) is 5.42. The number of nitrogens with one attached hydrogen (secondary N) is 1. The number of likely N-dealkylation sites (N-methyl/N-ethyl adjacent to an activating group) is 1. The van der Waals surface area contributed by atoms with Gasteiger partial charge in [-0.3, -0.25) is 14.4 Å². The lowest BCUT2D eigenvalue weighted by atomic mass is 9.96. The van der Waals surface area contributed by atoms with E-state index in [1.807, 2.05) is 30.1 Å². The van der Waals surface area contributed by atoms with Crippen LogP contribution in [-0.2, 0) is 13.5 Å². The van der Waals surface area contributed by atoms with Crippen LogP contribution in [0.5, 0.6) is 0 Å². The van der Waals surface area contributed by atoms with Crippen LogP contribution in [0.3, 0.4) is 0 Å². The Morgan fingerprint density at radius 3 is 2.83 bits per heavy atom. The van der Waals surface area contributed by atoms with E-state index in [-0.39, 0.29) is 5.91 Å². The third kappa shape index (κ3) is 3.98. The van der Waals surface area contributed by atoms with Gasteiger partial charge in [0.2, 0.25) is 0 Å². The Hall–Kier alpha value is -2.97. The van der Waals surface area contributed by atoms with Crippen molar-refractivity contribution in [2.75, 3.05) is 36.9 Å². The number of amides is 1. The minimum atomic E-state index is -0.0807. The number of carbonyl (C=O) groups is 1. The van der Waals surface area contributed by atoms with Crippen LogP contribution in [0, 0.1) is 0 Å². The van der Waals surface area contributed by atoms with Crippen LogP contribution in [0.25, 0.3) is 21.1 Å². The standard InChI is InChI=1S/C27H32N6OS/c1-4-6-18-13-22-20(16-32(3)30-22)14-21(18)28-25(34)23-15-19-7-8-24(29-26(19)35-23)33-12-10-27(17-33)9-5-11-31(27)2/h7-8,13-16H,4-6,9-12,17H2,1-3H3,(H,28,34). The zero-order chi connectivity index (χ0) is 24.2. The molecule has 4 aromatic rings. The Balaban J connectivity index is 1.24. The molecule has 1 aromatic carbocycles. The number of fused-ring (bicyclic) bond motifs is 2. The summed E-state index contributed by atoms with van der Waals surface area (Å²) in [5.41, 5.74) is 3.25. The number of likely N-dealkylation sites (tertiary alicyclic amines) is 1. The second-order valence-corrected chi connectivity index (χ2v) is 11.2. The summed E-state index contributed by atoms with van der Waals surface area (Å²) in [5.74, 6) is 0.943. The van der Waals surface area contributed by atoms with Gasteiger partial charge in [-0.25, -0.2) is 4.98 Å². The molecule has 35 heavy (non-hydrogen) atoms. The van der Waals surface area contributed by atoms with Crippen molar-refractivity contribution in [3.05, 3.63) is 47.0 Å². The summed E-state index contributed by atoms with van der Waals surface area (Å²) in [6.07, 6.45) is 7.64. The fraction of sp³-hybridized carbons (Fsp3) is 0.444. The minimum absolute atomic E-state index is 0.0807. The van der Waals surface area contributed by atoms with E-state index < -0.39 is 0 Å². The largest absolute Gasteiger partial charge is 0.355 e. The number of carbonyl (C=O) groups excluding carboxylic acids is 1. The maximum absolute atomic E-state index is 13.3. The Kier molecular flexibility index (Phi) is 5.53. The summed E-state index contributed by atoms with van der Waals surface area (Å²) in [5, 5.41) is 9.74. The number of pyridine rings is 1. The lowest BCUT2D eigenvalue weighted by Crippen LogP contribution is -2.43. The zero-order valence-corrected chi connectivity index (χ0v) is 21.5. The Labute approximate surface area is 209 Å². The van der Waals surface area contributed by atoms with Gasteiger partial charge in [0, 0.05) is 48.3 Å². The normalized spacial score (nSPS) is 20.6. The molecule has 0 bridgehead atoms. The van der Waals surface area contributed by atoms with E-state index in [0.717, 1.165) is 64.1 Å². The molecule has 6 rings (SSSR count). The van der Waals surface area contributed by atoms with Gasteiger partial charge >= 0.3 is 0 Å². The lowest BCUT2D eigenvalue weighted by molar-refractivity contribution is 0.103. The highest BCUT2D eigenvalue weighted by atomic mass is 32.1. The minimum Gasteiger partial charge on any atom is -0.355 e. The molecule has 1 spiro atoms. The lowest BCUT2D eigenvalue weighted by Gasteiger charge is -2.32. The summed E-state index contributed by atoms with van der Waals surface area (Å²) < 4.78 is 1.81. The van der Waals surface area contributed by atoms with E-state index in [2.05, 4.69) is 52.4 Å². The van der Waals surface area contributed by atoms with Crippen molar-refractivity contribution in [1.29, 1.82) is 0 Å². The quantitative estimate of drug-likeness (QED) is 0.425. The van der Waals surface area contributed by atoms with E-state index in [1.165, 1.54) is 37.1 Å². The van der Waals surface area contributed by atoms with Crippen molar-refractivity contribution in [2.24, 2.45) is 7.05 Å². The van der Waals surface area contributed by atoms with Crippen LogP contribution in [0.4, 0.5) is 11.5 Å². The van der Waals surface area contributed by atoms with Gasteiger partial charge in [-0.15, -0.1) is 11.3 Å². The Morgan fingerprint density at radius 2 is 2.03 bits per heavy atom. The smallest absolute Gasteiger partial charge is 0.265 e. The average Bonchev–Trinajstić information content (AvgIpc) is 3.60. The number of aryl methyl sites for hydroxylation is 2. The van der Waals surface area contributed by atoms with Crippen molar-refractivity contribution >= 4 is 49.9 Å². The molecule has 1 amide bonds. The molecule has 2 aliphatic heterocycles. The highest BCUT2D eigenvalue weighted by Crippen LogP contribution is 2.38. The molecule has 5 heterocycles. The van der Waals surface area contributed by atoms with Crippen molar-refractivity contribution < 1.29 is 4.79 Å². The molecule has 8 heteroatoms. The molecule has 1 N–H and O–H groups in total. The molecule has 0 aliphatic carbocycles. The van der Waals surface area contributed by atoms with Gasteiger partial charge < -0.3 is 10.2 Å². The first-order valence-corrected chi connectivity index (χ1v) is 13.4. The number of nitrogens with zero attached hydrogens (tertiary/aromatic N) is 5. The Morgan fingerprint density at radius 1 is 1.14 bits per heavy atom. The number of thiophene rings is 1. The maximum atomic E-state index is 13.3. The Bertz CT molecular complexity index is 1420. The molecule has 7 nitrogen and oxygen atoms in total. The fourth-order valence-electron chi connectivity index (χ4n) is 5.85. The molecular formula is C27H32N6OS. The number of hydrogen-bond donors (Lipinski definition) is 1. The zero-order valence-electron chi connectivity index (χ0n) is 20.7. The molecule has 3 aromatic heterocycles. The van der Waals surface area contributed by atoms with E-state index in [4.69, 9.17) is 4.98 Å². The number of hydrogen-bond acceptors (Lipinski definition) is 6. The van der Waals surface area contributed by atoms with Crippen molar-refractivity contribution in [3.8, 4) is 0 Å². The number of anilines is 2. The van der Waals surface area contributed by atoms with Crippen LogP contribution in [0.1, 0.15) is 47.8 Å². The van der Waals surface area contributed by atoms with Crippen LogP contribution < -0.4 is 10.2 Å². The second-order valence-electron chi connectivity index (χ2n) is 10.2. The van der Waals surface area contributed by atoms with E-state index in [0.29, 0.717) is 10.4 Å². The van der Waals surface area contributed by atoms with E-state index in [1.54, 1.807) is 0 Å². The molecule has 1 atom stereocenters. The molecule has 2 saturated heterocycles. The first-order chi connectivity index (χ1) is 16.9. The maximum Gasteiger partial charge on any atom is 0.265 e.